The van der Waals surface area contributed by atoms with E-state index in [0.717, 1.165) is 31.2 Å². The van der Waals surface area contributed by atoms with Gasteiger partial charge in [-0.15, -0.1) is 0 Å². The fourth-order valence-corrected chi connectivity index (χ4v) is 2.23. The van der Waals surface area contributed by atoms with Crippen molar-refractivity contribution in [2.24, 2.45) is 5.92 Å². The van der Waals surface area contributed by atoms with E-state index in [2.05, 4.69) is 16.7 Å². The molecule has 1 saturated heterocycles. The van der Waals surface area contributed by atoms with Crippen LogP contribution in [0.2, 0.25) is 5.02 Å². The quantitative estimate of drug-likeness (QED) is 0.866. The SMILES string of the molecule is N#Cc1cc(NCC2CCNCC2)ccc1Cl. The Kier molecular flexibility index (Phi) is 4.24. The van der Waals surface area contributed by atoms with Crippen LogP contribution in [0.3, 0.4) is 0 Å². The van der Waals surface area contributed by atoms with Gasteiger partial charge in [0.25, 0.3) is 0 Å². The van der Waals surface area contributed by atoms with Gasteiger partial charge in [0.1, 0.15) is 6.07 Å². The predicted octanol–water partition coefficient (Wildman–Crippen LogP) is 2.62. The van der Waals surface area contributed by atoms with Gasteiger partial charge in [0.2, 0.25) is 0 Å². The van der Waals surface area contributed by atoms with Gasteiger partial charge in [-0.1, -0.05) is 11.6 Å². The summed E-state index contributed by atoms with van der Waals surface area (Å²) in [6.07, 6.45) is 2.43. The second-order valence-electron chi connectivity index (χ2n) is 4.38. The minimum Gasteiger partial charge on any atom is -0.385 e. The van der Waals surface area contributed by atoms with E-state index >= 15 is 0 Å². The molecule has 4 heteroatoms. The molecule has 0 radical (unpaired) electrons. The fraction of sp³-hybridized carbons (Fsp3) is 0.462. The summed E-state index contributed by atoms with van der Waals surface area (Å²) in [6.45, 7) is 3.18. The molecule has 0 aromatic heterocycles. The van der Waals surface area contributed by atoms with Gasteiger partial charge in [0.15, 0.2) is 0 Å². The first-order valence-electron chi connectivity index (χ1n) is 5.94. The Labute approximate surface area is 107 Å². The van der Waals surface area contributed by atoms with E-state index in [1.807, 2.05) is 12.1 Å². The van der Waals surface area contributed by atoms with Crippen LogP contribution in [0.15, 0.2) is 18.2 Å². The molecule has 2 rings (SSSR count). The van der Waals surface area contributed by atoms with E-state index in [-0.39, 0.29) is 0 Å². The molecule has 0 bridgehead atoms. The second kappa shape index (κ2) is 5.90. The Morgan fingerprint density at radius 3 is 2.88 bits per heavy atom. The van der Waals surface area contributed by atoms with E-state index in [4.69, 9.17) is 16.9 Å². The first kappa shape index (κ1) is 12.2. The number of anilines is 1. The Balaban J connectivity index is 1.92. The molecule has 0 saturated carbocycles. The fourth-order valence-electron chi connectivity index (χ4n) is 2.07. The number of nitrogens with one attached hydrogen (secondary N) is 2. The van der Waals surface area contributed by atoms with Crippen LogP contribution in [0.1, 0.15) is 18.4 Å². The van der Waals surface area contributed by atoms with Crippen LogP contribution >= 0.6 is 11.6 Å². The Hall–Kier alpha value is -1.24. The molecule has 3 nitrogen and oxygen atoms in total. The number of rotatable bonds is 3. The average molecular weight is 250 g/mol. The first-order valence-corrected chi connectivity index (χ1v) is 6.31. The van der Waals surface area contributed by atoms with Crippen LogP contribution < -0.4 is 10.6 Å². The van der Waals surface area contributed by atoms with Gasteiger partial charge in [-0.05, 0) is 50.0 Å². The molecule has 0 amide bonds. The highest BCUT2D eigenvalue weighted by molar-refractivity contribution is 6.31. The van der Waals surface area contributed by atoms with Gasteiger partial charge in [-0.25, -0.2) is 0 Å². The van der Waals surface area contributed by atoms with Crippen molar-refractivity contribution in [1.29, 1.82) is 5.26 Å². The molecule has 2 N–H and O–H groups in total. The van der Waals surface area contributed by atoms with Gasteiger partial charge in [-0.2, -0.15) is 5.26 Å². The Morgan fingerprint density at radius 2 is 2.18 bits per heavy atom. The van der Waals surface area contributed by atoms with Crippen molar-refractivity contribution in [2.45, 2.75) is 12.8 Å². The summed E-state index contributed by atoms with van der Waals surface area (Å²) < 4.78 is 0. The van der Waals surface area contributed by atoms with Gasteiger partial charge in [-0.3, -0.25) is 0 Å². The molecule has 0 atom stereocenters. The zero-order chi connectivity index (χ0) is 12.1. The van der Waals surface area contributed by atoms with Crippen molar-refractivity contribution < 1.29 is 0 Å². The normalized spacial score (nSPS) is 16.5. The van der Waals surface area contributed by atoms with Crippen molar-refractivity contribution in [3.8, 4) is 6.07 Å². The Bertz CT molecular complexity index is 419. The van der Waals surface area contributed by atoms with E-state index in [1.165, 1.54) is 12.8 Å². The molecule has 17 heavy (non-hydrogen) atoms. The van der Waals surface area contributed by atoms with Crippen LogP contribution in [0.4, 0.5) is 5.69 Å². The number of piperidine rings is 1. The number of halogens is 1. The number of benzene rings is 1. The number of hydrogen-bond acceptors (Lipinski definition) is 3. The largest absolute Gasteiger partial charge is 0.385 e. The molecule has 0 aliphatic carbocycles. The van der Waals surface area contributed by atoms with Crippen LogP contribution in [0.5, 0.6) is 0 Å². The third-order valence-electron chi connectivity index (χ3n) is 3.14. The highest BCUT2D eigenvalue weighted by Crippen LogP contribution is 2.20. The van der Waals surface area contributed by atoms with Crippen molar-refractivity contribution in [1.82, 2.24) is 5.32 Å². The second-order valence-corrected chi connectivity index (χ2v) is 4.79. The van der Waals surface area contributed by atoms with Gasteiger partial charge < -0.3 is 10.6 Å². The third kappa shape index (κ3) is 3.36. The summed E-state index contributed by atoms with van der Waals surface area (Å²) in [5.41, 5.74) is 1.51. The molecule has 1 heterocycles. The first-order chi connectivity index (χ1) is 8.29. The van der Waals surface area contributed by atoms with Crippen molar-refractivity contribution in [2.75, 3.05) is 25.0 Å². The zero-order valence-corrected chi connectivity index (χ0v) is 10.4. The maximum Gasteiger partial charge on any atom is 0.101 e. The standard InChI is InChI=1S/C13H16ClN3/c14-13-2-1-12(7-11(13)8-15)17-9-10-3-5-16-6-4-10/h1-2,7,10,16-17H,3-6,9H2. The summed E-state index contributed by atoms with van der Waals surface area (Å²) in [7, 11) is 0. The highest BCUT2D eigenvalue weighted by atomic mass is 35.5. The summed E-state index contributed by atoms with van der Waals surface area (Å²) in [6, 6.07) is 7.59. The van der Waals surface area contributed by atoms with E-state index < -0.39 is 0 Å². The average Bonchev–Trinajstić information content (AvgIpc) is 2.39. The van der Waals surface area contributed by atoms with Crippen LogP contribution in [-0.2, 0) is 0 Å². The third-order valence-corrected chi connectivity index (χ3v) is 3.47. The molecule has 1 aromatic rings. The van der Waals surface area contributed by atoms with E-state index in [1.54, 1.807) is 6.07 Å². The summed E-state index contributed by atoms with van der Waals surface area (Å²) in [5.74, 6) is 0.720. The van der Waals surface area contributed by atoms with Crippen LogP contribution in [-0.4, -0.2) is 19.6 Å². The van der Waals surface area contributed by atoms with Gasteiger partial charge >= 0.3 is 0 Å². The van der Waals surface area contributed by atoms with Crippen molar-refractivity contribution in [3.05, 3.63) is 28.8 Å². The molecule has 0 spiro atoms. The lowest BCUT2D eigenvalue weighted by Gasteiger charge is -2.23. The molecule has 0 unspecified atom stereocenters. The maximum absolute atomic E-state index is 8.89. The topological polar surface area (TPSA) is 47.9 Å². The maximum atomic E-state index is 8.89. The van der Waals surface area contributed by atoms with Crippen molar-refractivity contribution >= 4 is 17.3 Å². The minimum atomic E-state index is 0.514. The minimum absolute atomic E-state index is 0.514. The smallest absolute Gasteiger partial charge is 0.101 e. The van der Waals surface area contributed by atoms with Crippen molar-refractivity contribution in [3.63, 3.8) is 0 Å². The Morgan fingerprint density at radius 1 is 1.41 bits per heavy atom. The number of nitriles is 1. The molecule has 1 aromatic carbocycles. The summed E-state index contributed by atoms with van der Waals surface area (Å²) >= 11 is 5.89. The zero-order valence-electron chi connectivity index (χ0n) is 9.67. The van der Waals surface area contributed by atoms with E-state index in [0.29, 0.717) is 10.6 Å². The monoisotopic (exact) mass is 249 g/mol. The van der Waals surface area contributed by atoms with Crippen LogP contribution in [0, 0.1) is 17.2 Å². The van der Waals surface area contributed by atoms with Gasteiger partial charge in [0.05, 0.1) is 10.6 Å². The van der Waals surface area contributed by atoms with Gasteiger partial charge in [0, 0.05) is 12.2 Å². The predicted molar refractivity (Wildman–Crippen MR) is 70.3 cm³/mol. The lowest BCUT2D eigenvalue weighted by molar-refractivity contribution is 0.390. The lowest BCUT2D eigenvalue weighted by Crippen LogP contribution is -2.31. The van der Waals surface area contributed by atoms with Crippen LogP contribution in [0.25, 0.3) is 0 Å². The number of nitrogens with zero attached hydrogens (tertiary/aromatic N) is 1. The summed E-state index contributed by atoms with van der Waals surface area (Å²) in [4.78, 5) is 0. The molecule has 1 fully saturated rings. The molecule has 90 valence electrons. The number of hydrogen-bond donors (Lipinski definition) is 2. The summed E-state index contributed by atoms with van der Waals surface area (Å²) in [5, 5.41) is 16.1. The molecular weight excluding hydrogens is 234 g/mol. The highest BCUT2D eigenvalue weighted by Gasteiger charge is 2.12. The molecule has 1 aliphatic rings. The molecular formula is C13H16ClN3. The lowest BCUT2D eigenvalue weighted by atomic mass is 9.98. The molecule has 1 aliphatic heterocycles. The van der Waals surface area contributed by atoms with E-state index in [9.17, 15) is 0 Å².